The predicted octanol–water partition coefficient (Wildman–Crippen LogP) is 0.764. The molecule has 1 N–H and O–H groups in total. The van der Waals surface area contributed by atoms with Crippen molar-refractivity contribution in [2.24, 2.45) is 0 Å². The molecular formula is C10H21NO3. The molecule has 4 nitrogen and oxygen atoms in total. The van der Waals surface area contributed by atoms with Gasteiger partial charge in [-0.1, -0.05) is 0 Å². The third-order valence-electron chi connectivity index (χ3n) is 2.33. The molecule has 1 rings (SSSR count). The van der Waals surface area contributed by atoms with Gasteiger partial charge in [0.25, 0.3) is 0 Å². The van der Waals surface area contributed by atoms with Gasteiger partial charge in [-0.2, -0.15) is 0 Å². The maximum atomic E-state index is 5.35. The Balaban J connectivity index is 1.93. The number of hydrogen-bond acceptors (Lipinski definition) is 4. The topological polar surface area (TPSA) is 39.7 Å². The van der Waals surface area contributed by atoms with Crippen LogP contribution in [0.4, 0.5) is 0 Å². The first-order chi connectivity index (χ1) is 6.83. The van der Waals surface area contributed by atoms with Gasteiger partial charge in [-0.15, -0.1) is 0 Å². The minimum atomic E-state index is 0.0293. The highest BCUT2D eigenvalue weighted by Crippen LogP contribution is 2.11. The van der Waals surface area contributed by atoms with E-state index in [1.54, 1.807) is 7.11 Å². The molecule has 0 bridgehead atoms. The largest absolute Gasteiger partial charge is 0.383 e. The molecule has 1 saturated heterocycles. The van der Waals surface area contributed by atoms with E-state index in [2.05, 4.69) is 12.2 Å². The number of nitrogens with one attached hydrogen (secondary N) is 1. The van der Waals surface area contributed by atoms with E-state index < -0.39 is 0 Å². The first-order valence-electron chi connectivity index (χ1n) is 5.28. The molecule has 0 aliphatic carbocycles. The van der Waals surface area contributed by atoms with Crippen LogP contribution in [-0.4, -0.2) is 45.8 Å². The second kappa shape index (κ2) is 7.17. The third-order valence-corrected chi connectivity index (χ3v) is 2.33. The minimum Gasteiger partial charge on any atom is -0.383 e. The van der Waals surface area contributed by atoms with Crippen LogP contribution in [0.25, 0.3) is 0 Å². The lowest BCUT2D eigenvalue weighted by molar-refractivity contribution is -0.0489. The zero-order chi connectivity index (χ0) is 10.2. The van der Waals surface area contributed by atoms with Gasteiger partial charge in [0, 0.05) is 19.7 Å². The summed E-state index contributed by atoms with van der Waals surface area (Å²) < 4.78 is 15.7. The van der Waals surface area contributed by atoms with E-state index in [1.807, 2.05) is 0 Å². The average molecular weight is 203 g/mol. The van der Waals surface area contributed by atoms with Gasteiger partial charge in [-0.05, 0) is 19.8 Å². The first kappa shape index (κ1) is 11.9. The van der Waals surface area contributed by atoms with Gasteiger partial charge in [0.1, 0.15) is 0 Å². The molecule has 1 unspecified atom stereocenters. The van der Waals surface area contributed by atoms with E-state index in [-0.39, 0.29) is 6.29 Å². The van der Waals surface area contributed by atoms with E-state index in [4.69, 9.17) is 14.2 Å². The van der Waals surface area contributed by atoms with Gasteiger partial charge in [-0.3, -0.25) is 0 Å². The molecule has 1 heterocycles. The van der Waals surface area contributed by atoms with Crippen molar-refractivity contribution in [2.45, 2.75) is 32.1 Å². The quantitative estimate of drug-likeness (QED) is 0.620. The standard InChI is InChI=1S/C10H21NO3/c1-9(11-5-6-12-2)3-4-10-13-7-8-14-10/h9-11H,3-8H2,1-2H3. The van der Waals surface area contributed by atoms with Gasteiger partial charge in [0.05, 0.1) is 19.8 Å². The van der Waals surface area contributed by atoms with Crippen LogP contribution in [0.3, 0.4) is 0 Å². The van der Waals surface area contributed by atoms with E-state index in [0.717, 1.165) is 39.2 Å². The van der Waals surface area contributed by atoms with Crippen molar-refractivity contribution in [3.05, 3.63) is 0 Å². The summed E-state index contributed by atoms with van der Waals surface area (Å²) in [5.41, 5.74) is 0. The molecule has 1 aliphatic rings. The van der Waals surface area contributed by atoms with Crippen molar-refractivity contribution >= 4 is 0 Å². The Bertz CT molecular complexity index is 137. The van der Waals surface area contributed by atoms with Crippen LogP contribution in [0.5, 0.6) is 0 Å². The maximum Gasteiger partial charge on any atom is 0.157 e. The van der Waals surface area contributed by atoms with Crippen molar-refractivity contribution in [3.63, 3.8) is 0 Å². The summed E-state index contributed by atoms with van der Waals surface area (Å²) in [6.45, 7) is 5.34. The highest BCUT2D eigenvalue weighted by atomic mass is 16.7. The molecule has 1 atom stereocenters. The van der Waals surface area contributed by atoms with Crippen molar-refractivity contribution in [1.82, 2.24) is 5.32 Å². The lowest BCUT2D eigenvalue weighted by Crippen LogP contribution is -2.30. The number of hydrogen-bond donors (Lipinski definition) is 1. The van der Waals surface area contributed by atoms with Crippen LogP contribution in [0.15, 0.2) is 0 Å². The number of rotatable bonds is 7. The monoisotopic (exact) mass is 203 g/mol. The summed E-state index contributed by atoms with van der Waals surface area (Å²) in [6.07, 6.45) is 2.08. The fraction of sp³-hybridized carbons (Fsp3) is 1.00. The summed E-state index contributed by atoms with van der Waals surface area (Å²) in [6, 6.07) is 0.498. The van der Waals surface area contributed by atoms with Gasteiger partial charge in [0.2, 0.25) is 0 Å². The van der Waals surface area contributed by atoms with Crippen LogP contribution in [0.1, 0.15) is 19.8 Å². The second-order valence-electron chi connectivity index (χ2n) is 3.60. The highest BCUT2D eigenvalue weighted by molar-refractivity contribution is 4.63. The molecule has 1 aliphatic heterocycles. The molecule has 0 radical (unpaired) electrons. The lowest BCUT2D eigenvalue weighted by Gasteiger charge is -2.15. The van der Waals surface area contributed by atoms with Crippen molar-refractivity contribution in [3.8, 4) is 0 Å². The Morgan fingerprint density at radius 3 is 2.79 bits per heavy atom. The van der Waals surface area contributed by atoms with Crippen LogP contribution in [0, 0.1) is 0 Å². The normalized spacial score (nSPS) is 20.1. The Morgan fingerprint density at radius 2 is 2.14 bits per heavy atom. The van der Waals surface area contributed by atoms with Crippen molar-refractivity contribution < 1.29 is 14.2 Å². The van der Waals surface area contributed by atoms with Crippen molar-refractivity contribution in [1.29, 1.82) is 0 Å². The smallest absolute Gasteiger partial charge is 0.157 e. The average Bonchev–Trinajstić information content (AvgIpc) is 2.68. The van der Waals surface area contributed by atoms with Gasteiger partial charge in [-0.25, -0.2) is 0 Å². The maximum absolute atomic E-state index is 5.35. The zero-order valence-corrected chi connectivity index (χ0v) is 9.12. The molecule has 14 heavy (non-hydrogen) atoms. The molecule has 0 aromatic rings. The molecule has 0 saturated carbocycles. The first-order valence-corrected chi connectivity index (χ1v) is 5.28. The summed E-state index contributed by atoms with van der Waals surface area (Å²) in [7, 11) is 1.71. The molecule has 0 amide bonds. The SMILES string of the molecule is COCCNC(C)CCC1OCCO1. The molecule has 4 heteroatoms. The Morgan fingerprint density at radius 1 is 1.43 bits per heavy atom. The van der Waals surface area contributed by atoms with E-state index >= 15 is 0 Å². The van der Waals surface area contributed by atoms with Crippen LogP contribution < -0.4 is 5.32 Å². The summed E-state index contributed by atoms with van der Waals surface area (Å²) in [5, 5.41) is 3.37. The Kier molecular flexibility index (Phi) is 6.10. The summed E-state index contributed by atoms with van der Waals surface area (Å²) >= 11 is 0. The van der Waals surface area contributed by atoms with Crippen LogP contribution in [0.2, 0.25) is 0 Å². The zero-order valence-electron chi connectivity index (χ0n) is 9.12. The van der Waals surface area contributed by atoms with E-state index in [1.165, 1.54) is 0 Å². The minimum absolute atomic E-state index is 0.0293. The van der Waals surface area contributed by atoms with E-state index in [9.17, 15) is 0 Å². The van der Waals surface area contributed by atoms with Gasteiger partial charge < -0.3 is 19.5 Å². The fourth-order valence-electron chi connectivity index (χ4n) is 1.47. The second-order valence-corrected chi connectivity index (χ2v) is 3.60. The van der Waals surface area contributed by atoms with Gasteiger partial charge >= 0.3 is 0 Å². The predicted molar refractivity (Wildman–Crippen MR) is 54.3 cm³/mol. The molecule has 1 fully saturated rings. The summed E-state index contributed by atoms with van der Waals surface area (Å²) in [5.74, 6) is 0. The van der Waals surface area contributed by atoms with E-state index in [0.29, 0.717) is 6.04 Å². The van der Waals surface area contributed by atoms with Crippen LogP contribution in [-0.2, 0) is 14.2 Å². The molecule has 0 aromatic heterocycles. The number of ether oxygens (including phenoxy) is 3. The Labute approximate surface area is 85.9 Å². The number of methoxy groups -OCH3 is 1. The fourth-order valence-corrected chi connectivity index (χ4v) is 1.47. The highest BCUT2D eigenvalue weighted by Gasteiger charge is 2.16. The molecular weight excluding hydrogens is 182 g/mol. The van der Waals surface area contributed by atoms with Gasteiger partial charge in [0.15, 0.2) is 6.29 Å². The molecule has 0 aromatic carbocycles. The third kappa shape index (κ3) is 4.91. The molecule has 0 spiro atoms. The van der Waals surface area contributed by atoms with Crippen LogP contribution >= 0.6 is 0 Å². The Hall–Kier alpha value is -0.160. The summed E-state index contributed by atoms with van der Waals surface area (Å²) in [4.78, 5) is 0. The molecule has 84 valence electrons. The lowest BCUT2D eigenvalue weighted by atomic mass is 10.2. The van der Waals surface area contributed by atoms with Crippen molar-refractivity contribution in [2.75, 3.05) is 33.5 Å².